The quantitative estimate of drug-likeness (QED) is 0.800. The van der Waals surface area contributed by atoms with Crippen LogP contribution in [0, 0.1) is 0 Å². The van der Waals surface area contributed by atoms with Gasteiger partial charge in [-0.3, -0.25) is 0 Å². The number of halogens is 1. The van der Waals surface area contributed by atoms with E-state index in [-0.39, 0.29) is 13.0 Å². The summed E-state index contributed by atoms with van der Waals surface area (Å²) in [5.41, 5.74) is 0.838. The van der Waals surface area contributed by atoms with E-state index in [1.165, 1.54) is 11.3 Å². The van der Waals surface area contributed by atoms with Crippen LogP contribution in [0.15, 0.2) is 46.3 Å². The summed E-state index contributed by atoms with van der Waals surface area (Å²) in [7, 11) is 0. The molecule has 0 spiro atoms. The van der Waals surface area contributed by atoms with Crippen LogP contribution in [0.5, 0.6) is 0 Å². The van der Waals surface area contributed by atoms with Gasteiger partial charge in [0.25, 0.3) is 0 Å². The van der Waals surface area contributed by atoms with E-state index in [1.54, 1.807) is 0 Å². The smallest absolute Gasteiger partial charge is 0.408 e. The Balaban J connectivity index is 1.89. The maximum absolute atomic E-state index is 11.7. The lowest BCUT2D eigenvalue weighted by Gasteiger charge is -2.14. The van der Waals surface area contributed by atoms with Crippen LogP contribution in [-0.4, -0.2) is 23.2 Å². The van der Waals surface area contributed by atoms with E-state index in [9.17, 15) is 14.7 Å². The first-order valence-electron chi connectivity index (χ1n) is 6.48. The molecule has 1 heterocycles. The molecule has 0 saturated carbocycles. The maximum Gasteiger partial charge on any atom is 0.408 e. The number of hydrogen-bond donors (Lipinski definition) is 2. The first-order chi connectivity index (χ1) is 10.6. The van der Waals surface area contributed by atoms with Crippen molar-refractivity contribution in [1.29, 1.82) is 0 Å². The van der Waals surface area contributed by atoms with E-state index in [0.717, 1.165) is 14.9 Å². The third-order valence-electron chi connectivity index (χ3n) is 2.88. The minimum absolute atomic E-state index is 0.0989. The number of thiophene rings is 1. The number of alkyl carbamates (subject to hydrolysis) is 1. The summed E-state index contributed by atoms with van der Waals surface area (Å²) in [5, 5.41) is 13.4. The van der Waals surface area contributed by atoms with Crippen LogP contribution in [0.1, 0.15) is 10.4 Å². The first kappa shape index (κ1) is 16.5. The van der Waals surface area contributed by atoms with Gasteiger partial charge in [0.15, 0.2) is 0 Å². The molecule has 22 heavy (non-hydrogen) atoms. The number of carboxylic acid groups (broad SMARTS) is 1. The molecular formula is C15H14BrNO4S. The lowest BCUT2D eigenvalue weighted by atomic mass is 10.2. The van der Waals surface area contributed by atoms with Crippen molar-refractivity contribution < 1.29 is 19.4 Å². The molecule has 7 heteroatoms. The number of benzene rings is 1. The van der Waals surface area contributed by atoms with E-state index in [4.69, 9.17) is 4.74 Å². The molecule has 0 fully saturated rings. The second kappa shape index (κ2) is 7.95. The fourth-order valence-corrected chi connectivity index (χ4v) is 3.32. The van der Waals surface area contributed by atoms with Gasteiger partial charge in [-0.2, -0.15) is 0 Å². The number of ether oxygens (including phenoxy) is 1. The molecule has 0 aliphatic heterocycles. The highest BCUT2D eigenvalue weighted by Crippen LogP contribution is 2.24. The van der Waals surface area contributed by atoms with Gasteiger partial charge < -0.3 is 15.2 Å². The summed E-state index contributed by atoms with van der Waals surface area (Å²) in [6.45, 7) is 0.0989. The fourth-order valence-electron chi connectivity index (χ4n) is 1.76. The van der Waals surface area contributed by atoms with Gasteiger partial charge in [0.1, 0.15) is 12.6 Å². The summed E-state index contributed by atoms with van der Waals surface area (Å²) in [5.74, 6) is -1.10. The maximum atomic E-state index is 11.7. The van der Waals surface area contributed by atoms with Crippen molar-refractivity contribution in [2.24, 2.45) is 0 Å². The number of aliphatic carboxylic acids is 1. The monoisotopic (exact) mass is 383 g/mol. The minimum Gasteiger partial charge on any atom is -0.480 e. The number of nitrogens with one attached hydrogen (secondary N) is 1. The van der Waals surface area contributed by atoms with Crippen molar-refractivity contribution in [3.05, 3.63) is 56.7 Å². The second-order valence-electron chi connectivity index (χ2n) is 4.49. The van der Waals surface area contributed by atoms with Gasteiger partial charge in [0.2, 0.25) is 0 Å². The molecule has 0 aliphatic carbocycles. The zero-order valence-electron chi connectivity index (χ0n) is 11.5. The Morgan fingerprint density at radius 3 is 2.59 bits per heavy atom. The van der Waals surface area contributed by atoms with E-state index in [1.807, 2.05) is 41.8 Å². The molecule has 1 aromatic carbocycles. The van der Waals surface area contributed by atoms with Gasteiger partial charge in [-0.15, -0.1) is 11.3 Å². The summed E-state index contributed by atoms with van der Waals surface area (Å²) < 4.78 is 5.87. The summed E-state index contributed by atoms with van der Waals surface area (Å²) in [6, 6.07) is 10.00. The Hall–Kier alpha value is -1.86. The van der Waals surface area contributed by atoms with Crippen molar-refractivity contribution in [2.75, 3.05) is 0 Å². The van der Waals surface area contributed by atoms with Crippen LogP contribution in [0.25, 0.3) is 0 Å². The number of hydrogen-bond acceptors (Lipinski definition) is 4. The zero-order valence-corrected chi connectivity index (χ0v) is 13.9. The lowest BCUT2D eigenvalue weighted by molar-refractivity contribution is -0.139. The van der Waals surface area contributed by atoms with Crippen LogP contribution in [-0.2, 0) is 22.6 Å². The predicted molar refractivity (Wildman–Crippen MR) is 86.9 cm³/mol. The molecule has 116 valence electrons. The second-order valence-corrected chi connectivity index (χ2v) is 6.35. The van der Waals surface area contributed by atoms with Gasteiger partial charge >= 0.3 is 12.1 Å². The van der Waals surface area contributed by atoms with Crippen LogP contribution in [0.2, 0.25) is 0 Å². The Kier molecular flexibility index (Phi) is 5.97. The van der Waals surface area contributed by atoms with E-state index < -0.39 is 18.1 Å². The highest BCUT2D eigenvalue weighted by atomic mass is 79.9. The molecule has 2 rings (SSSR count). The SMILES string of the molecule is O=C(N[C@@H](Cc1sccc1Br)C(=O)O)OCc1ccccc1. The predicted octanol–water partition coefficient (Wildman–Crippen LogP) is 3.43. The van der Waals surface area contributed by atoms with Crippen LogP contribution in [0.3, 0.4) is 0 Å². The molecule has 5 nitrogen and oxygen atoms in total. The standard InChI is InChI=1S/C15H14BrNO4S/c16-11-6-7-22-13(11)8-12(14(18)19)17-15(20)21-9-10-4-2-1-3-5-10/h1-7,12H,8-9H2,(H,17,20)(H,18,19)/t12-/m0/s1. The minimum atomic E-state index is -1.10. The van der Waals surface area contributed by atoms with Crippen LogP contribution in [0.4, 0.5) is 4.79 Å². The Morgan fingerprint density at radius 1 is 1.27 bits per heavy atom. The van der Waals surface area contributed by atoms with Crippen LogP contribution >= 0.6 is 27.3 Å². The summed E-state index contributed by atoms with van der Waals surface area (Å²) in [6.07, 6.45) is -0.544. The molecule has 2 aromatic rings. The van der Waals surface area contributed by atoms with Gasteiger partial charge in [-0.1, -0.05) is 30.3 Å². The average molecular weight is 384 g/mol. The Morgan fingerprint density at radius 2 is 2.00 bits per heavy atom. The van der Waals surface area contributed by atoms with Crippen molar-refractivity contribution in [1.82, 2.24) is 5.32 Å². The van der Waals surface area contributed by atoms with Crippen molar-refractivity contribution in [2.45, 2.75) is 19.1 Å². The average Bonchev–Trinajstić information content (AvgIpc) is 2.91. The molecule has 1 atom stereocenters. The van der Waals surface area contributed by atoms with Gasteiger partial charge in [-0.05, 0) is 32.9 Å². The molecule has 0 bridgehead atoms. The third kappa shape index (κ3) is 4.85. The zero-order chi connectivity index (χ0) is 15.9. The number of amides is 1. The fraction of sp³-hybridized carbons (Fsp3) is 0.200. The highest BCUT2D eigenvalue weighted by Gasteiger charge is 2.22. The normalized spacial score (nSPS) is 11.7. The van der Waals surface area contributed by atoms with Gasteiger partial charge in [0, 0.05) is 15.8 Å². The Bertz CT molecular complexity index is 644. The molecule has 1 aromatic heterocycles. The molecular weight excluding hydrogens is 370 g/mol. The summed E-state index contributed by atoms with van der Waals surface area (Å²) >= 11 is 4.78. The largest absolute Gasteiger partial charge is 0.480 e. The van der Waals surface area contributed by atoms with E-state index >= 15 is 0 Å². The third-order valence-corrected chi connectivity index (χ3v) is 4.83. The summed E-state index contributed by atoms with van der Waals surface area (Å²) in [4.78, 5) is 23.9. The van der Waals surface area contributed by atoms with Gasteiger partial charge in [-0.25, -0.2) is 9.59 Å². The van der Waals surface area contributed by atoms with Crippen molar-refractivity contribution in [3.8, 4) is 0 Å². The molecule has 2 N–H and O–H groups in total. The van der Waals surface area contributed by atoms with Crippen molar-refractivity contribution >= 4 is 39.3 Å². The van der Waals surface area contributed by atoms with Crippen LogP contribution < -0.4 is 5.32 Å². The molecule has 1 amide bonds. The molecule has 0 radical (unpaired) electrons. The molecule has 0 unspecified atom stereocenters. The number of carbonyl (C=O) groups excluding carboxylic acids is 1. The number of rotatable bonds is 6. The van der Waals surface area contributed by atoms with E-state index in [2.05, 4.69) is 21.2 Å². The molecule has 0 aliphatic rings. The topological polar surface area (TPSA) is 75.6 Å². The van der Waals surface area contributed by atoms with E-state index in [0.29, 0.717) is 0 Å². The first-order valence-corrected chi connectivity index (χ1v) is 8.15. The number of carboxylic acids is 1. The Labute approximate surface area is 140 Å². The van der Waals surface area contributed by atoms with Crippen molar-refractivity contribution in [3.63, 3.8) is 0 Å². The molecule has 0 saturated heterocycles. The highest BCUT2D eigenvalue weighted by molar-refractivity contribution is 9.10. The number of carbonyl (C=O) groups is 2. The lowest BCUT2D eigenvalue weighted by Crippen LogP contribution is -2.42. The van der Waals surface area contributed by atoms with Gasteiger partial charge in [0.05, 0.1) is 0 Å².